The van der Waals surface area contributed by atoms with Crippen molar-refractivity contribution in [2.45, 2.75) is 44.8 Å². The van der Waals surface area contributed by atoms with E-state index in [9.17, 15) is 19.2 Å². The first kappa shape index (κ1) is 23.0. The Labute approximate surface area is 203 Å². The molecule has 4 N–H and O–H groups in total. The summed E-state index contributed by atoms with van der Waals surface area (Å²) < 4.78 is 5.41. The van der Waals surface area contributed by atoms with Crippen molar-refractivity contribution >= 4 is 29.3 Å². The third kappa shape index (κ3) is 3.33. The number of methoxy groups -OCH3 is 1. The summed E-state index contributed by atoms with van der Waals surface area (Å²) in [5, 5.41) is 6.29. The quantitative estimate of drug-likeness (QED) is 0.542. The zero-order valence-corrected chi connectivity index (χ0v) is 19.9. The number of aryl methyl sites for hydroxylation is 2. The maximum absolute atomic E-state index is 13.9. The molecule has 0 aromatic heterocycles. The van der Waals surface area contributed by atoms with Gasteiger partial charge in [0.05, 0.1) is 25.5 Å². The summed E-state index contributed by atoms with van der Waals surface area (Å²) in [4.78, 5) is 54.0. The third-order valence-electron chi connectivity index (χ3n) is 7.48. The molecule has 2 aromatic rings. The summed E-state index contributed by atoms with van der Waals surface area (Å²) in [5.74, 6) is -2.82. The molecule has 3 aliphatic heterocycles. The molecule has 2 aromatic carbocycles. The number of ether oxygens (including phenoxy) is 1. The third-order valence-corrected chi connectivity index (χ3v) is 7.48. The Bertz CT molecular complexity index is 1270. The lowest BCUT2D eigenvalue weighted by atomic mass is 9.75. The van der Waals surface area contributed by atoms with Gasteiger partial charge in [-0.3, -0.25) is 29.4 Å². The van der Waals surface area contributed by atoms with Crippen molar-refractivity contribution < 1.29 is 23.9 Å². The summed E-state index contributed by atoms with van der Waals surface area (Å²) in [7, 11) is 1.53. The van der Waals surface area contributed by atoms with Gasteiger partial charge in [-0.25, -0.2) is 0 Å². The molecule has 2 saturated heterocycles. The van der Waals surface area contributed by atoms with E-state index in [2.05, 4.69) is 10.6 Å². The smallest absolute Gasteiger partial charge is 0.250 e. The highest BCUT2D eigenvalue weighted by Crippen LogP contribution is 2.54. The number of hydrogen-bond donors (Lipinski definition) is 3. The molecule has 4 atom stereocenters. The van der Waals surface area contributed by atoms with Crippen LogP contribution in [0, 0.1) is 25.7 Å². The van der Waals surface area contributed by atoms with Gasteiger partial charge in [-0.1, -0.05) is 35.9 Å². The van der Waals surface area contributed by atoms with Crippen LogP contribution < -0.4 is 21.1 Å². The lowest BCUT2D eigenvalue weighted by Gasteiger charge is -2.30. The number of carbonyl (C=O) groups is 4. The Hall–Kier alpha value is -3.72. The SMILES string of the molecule is COc1ccccc1CN1C(=O)[C@H]2[C@@H](C1=O)[C@@]1(N[C@@H]2CCC(N)=O)C(=O)Nc2c(C)cc(C)cc21. The van der Waals surface area contributed by atoms with Crippen LogP contribution in [0.1, 0.15) is 35.1 Å². The molecule has 5 rings (SSSR count). The fourth-order valence-electron chi connectivity index (χ4n) is 6.02. The monoisotopic (exact) mass is 476 g/mol. The first-order valence-corrected chi connectivity index (χ1v) is 11.6. The molecule has 0 aliphatic carbocycles. The number of anilines is 1. The zero-order chi connectivity index (χ0) is 25.1. The first-order chi connectivity index (χ1) is 16.7. The van der Waals surface area contributed by atoms with Crippen molar-refractivity contribution in [3.8, 4) is 5.75 Å². The van der Waals surface area contributed by atoms with E-state index < -0.39 is 35.2 Å². The first-order valence-electron chi connectivity index (χ1n) is 11.6. The van der Waals surface area contributed by atoms with Crippen LogP contribution in [0.2, 0.25) is 0 Å². The van der Waals surface area contributed by atoms with Crippen molar-refractivity contribution in [2.75, 3.05) is 12.4 Å². The van der Waals surface area contributed by atoms with Crippen molar-refractivity contribution in [3.05, 3.63) is 58.7 Å². The molecule has 9 heteroatoms. The number of imide groups is 1. The number of fused-ring (bicyclic) bond motifs is 4. The maximum atomic E-state index is 13.9. The van der Waals surface area contributed by atoms with E-state index in [0.29, 0.717) is 22.6 Å². The second-order valence-electron chi connectivity index (χ2n) is 9.60. The number of para-hydroxylation sites is 1. The van der Waals surface area contributed by atoms with Gasteiger partial charge in [-0.2, -0.15) is 0 Å². The highest BCUT2D eigenvalue weighted by Gasteiger charge is 2.70. The van der Waals surface area contributed by atoms with Crippen LogP contribution in [0.3, 0.4) is 0 Å². The molecule has 35 heavy (non-hydrogen) atoms. The second kappa shape index (κ2) is 8.20. The minimum absolute atomic E-state index is 0.0340. The number of nitrogens with zero attached hydrogens (tertiary/aromatic N) is 1. The Morgan fingerprint density at radius 1 is 1.14 bits per heavy atom. The molecule has 3 aliphatic rings. The van der Waals surface area contributed by atoms with Crippen molar-refractivity contribution in [3.63, 3.8) is 0 Å². The van der Waals surface area contributed by atoms with E-state index in [0.717, 1.165) is 11.1 Å². The Morgan fingerprint density at radius 2 is 1.89 bits per heavy atom. The number of rotatable bonds is 6. The van der Waals surface area contributed by atoms with Crippen LogP contribution in [-0.2, 0) is 31.3 Å². The topological polar surface area (TPSA) is 131 Å². The van der Waals surface area contributed by atoms with Gasteiger partial charge in [0.2, 0.25) is 23.6 Å². The van der Waals surface area contributed by atoms with Gasteiger partial charge in [0.1, 0.15) is 11.3 Å². The molecule has 0 saturated carbocycles. The fourth-order valence-corrected chi connectivity index (χ4v) is 6.02. The van der Waals surface area contributed by atoms with E-state index in [-0.39, 0.29) is 31.2 Å². The van der Waals surface area contributed by atoms with Gasteiger partial charge in [-0.15, -0.1) is 0 Å². The minimum atomic E-state index is -1.40. The number of amides is 4. The minimum Gasteiger partial charge on any atom is -0.496 e. The Morgan fingerprint density at radius 3 is 2.60 bits per heavy atom. The summed E-state index contributed by atoms with van der Waals surface area (Å²) >= 11 is 0. The van der Waals surface area contributed by atoms with Gasteiger partial charge in [0, 0.05) is 29.3 Å². The zero-order valence-electron chi connectivity index (χ0n) is 19.9. The molecule has 1 spiro atoms. The predicted octanol–water partition coefficient (Wildman–Crippen LogP) is 1.50. The van der Waals surface area contributed by atoms with Gasteiger partial charge < -0.3 is 15.8 Å². The lowest BCUT2D eigenvalue weighted by molar-refractivity contribution is -0.143. The summed E-state index contributed by atoms with van der Waals surface area (Å²) in [6, 6.07) is 10.5. The van der Waals surface area contributed by atoms with Crippen LogP contribution in [0.25, 0.3) is 0 Å². The van der Waals surface area contributed by atoms with E-state index in [1.165, 1.54) is 12.0 Å². The van der Waals surface area contributed by atoms with Gasteiger partial charge in [0.25, 0.3) is 0 Å². The standard InChI is InChI=1S/C26H28N4O5/c1-13-10-14(2)22-16(11-13)26(25(34)28-22)21-20(17(29-26)8-9-19(27)31)23(32)30(24(21)33)12-15-6-4-5-7-18(15)35-3/h4-7,10-11,17,20-21,29H,8-9,12H2,1-3H3,(H2,27,31)(H,28,34)/t17-,20-,21+,26-/m1/s1. The highest BCUT2D eigenvalue weighted by molar-refractivity contribution is 6.15. The van der Waals surface area contributed by atoms with Gasteiger partial charge in [-0.05, 0) is 31.9 Å². The molecular formula is C26H28N4O5. The molecule has 2 fully saturated rings. The van der Waals surface area contributed by atoms with Crippen molar-refractivity contribution in [1.29, 1.82) is 0 Å². The average molecular weight is 477 g/mol. The number of nitrogens with two attached hydrogens (primary N) is 1. The molecule has 4 amide bonds. The largest absolute Gasteiger partial charge is 0.496 e. The van der Waals surface area contributed by atoms with E-state index >= 15 is 0 Å². The van der Waals surface area contributed by atoms with E-state index in [1.54, 1.807) is 12.1 Å². The molecule has 0 radical (unpaired) electrons. The molecule has 182 valence electrons. The van der Waals surface area contributed by atoms with Gasteiger partial charge in [0.15, 0.2) is 0 Å². The lowest BCUT2D eigenvalue weighted by Crippen LogP contribution is -2.53. The molecule has 0 unspecified atom stereocenters. The van der Waals surface area contributed by atoms with Crippen LogP contribution >= 0.6 is 0 Å². The predicted molar refractivity (Wildman–Crippen MR) is 127 cm³/mol. The Kier molecular flexibility index (Phi) is 5.40. The van der Waals surface area contributed by atoms with Crippen LogP contribution in [0.5, 0.6) is 5.75 Å². The van der Waals surface area contributed by atoms with Crippen LogP contribution in [0.4, 0.5) is 5.69 Å². The second-order valence-corrected chi connectivity index (χ2v) is 9.60. The number of likely N-dealkylation sites (tertiary alicyclic amines) is 1. The molecule has 0 bridgehead atoms. The van der Waals surface area contributed by atoms with Crippen LogP contribution in [0.15, 0.2) is 36.4 Å². The molecule has 9 nitrogen and oxygen atoms in total. The fraction of sp³-hybridized carbons (Fsp3) is 0.385. The summed E-state index contributed by atoms with van der Waals surface area (Å²) in [6.07, 6.45) is 0.277. The van der Waals surface area contributed by atoms with Crippen molar-refractivity contribution in [1.82, 2.24) is 10.2 Å². The number of carbonyl (C=O) groups excluding carboxylic acids is 4. The molecule has 3 heterocycles. The Balaban J connectivity index is 1.61. The number of hydrogen-bond acceptors (Lipinski definition) is 6. The van der Waals surface area contributed by atoms with Crippen LogP contribution in [-0.4, -0.2) is 41.7 Å². The number of primary amides is 1. The average Bonchev–Trinajstić information content (AvgIpc) is 3.39. The van der Waals surface area contributed by atoms with E-state index in [4.69, 9.17) is 10.5 Å². The highest BCUT2D eigenvalue weighted by atomic mass is 16.5. The van der Waals surface area contributed by atoms with Crippen molar-refractivity contribution in [2.24, 2.45) is 17.6 Å². The number of nitrogens with one attached hydrogen (secondary N) is 2. The normalized spacial score (nSPS) is 26.8. The summed E-state index contributed by atoms with van der Waals surface area (Å²) in [5.41, 5.74) is 7.83. The van der Waals surface area contributed by atoms with Gasteiger partial charge >= 0.3 is 0 Å². The maximum Gasteiger partial charge on any atom is 0.250 e. The molecular weight excluding hydrogens is 448 g/mol. The summed E-state index contributed by atoms with van der Waals surface area (Å²) in [6.45, 7) is 3.86. The number of benzene rings is 2. The van der Waals surface area contributed by atoms with E-state index in [1.807, 2.05) is 38.1 Å².